The predicted molar refractivity (Wildman–Crippen MR) is 81.0 cm³/mol. The van der Waals surface area contributed by atoms with Gasteiger partial charge < -0.3 is 10.6 Å². The van der Waals surface area contributed by atoms with E-state index in [4.69, 9.17) is 0 Å². The van der Waals surface area contributed by atoms with Crippen molar-refractivity contribution in [3.8, 4) is 11.4 Å². The molecule has 1 aliphatic carbocycles. The number of hydrogen-bond acceptors (Lipinski definition) is 4. The van der Waals surface area contributed by atoms with Crippen molar-refractivity contribution in [1.82, 2.24) is 20.5 Å². The van der Waals surface area contributed by atoms with E-state index in [-0.39, 0.29) is 5.91 Å². The standard InChI is InChI=1S/C15H19N5O/c1-16-9-8-13(21)17-12-6-4-11(5-7-12)15-18-14(19-20-15)10-2-3-10/h4-7,10,16H,2-3,8-9H2,1H3,(H,17,21)(H,18,19,20). The first-order valence-electron chi connectivity index (χ1n) is 7.23. The van der Waals surface area contributed by atoms with E-state index in [9.17, 15) is 4.79 Å². The number of carbonyl (C=O) groups is 1. The largest absolute Gasteiger partial charge is 0.326 e. The molecule has 1 heterocycles. The van der Waals surface area contributed by atoms with Gasteiger partial charge in [0.05, 0.1) is 0 Å². The van der Waals surface area contributed by atoms with Crippen LogP contribution in [-0.2, 0) is 4.79 Å². The van der Waals surface area contributed by atoms with Gasteiger partial charge in [-0.2, -0.15) is 5.10 Å². The summed E-state index contributed by atoms with van der Waals surface area (Å²) in [6, 6.07) is 7.60. The molecule has 0 aliphatic heterocycles. The summed E-state index contributed by atoms with van der Waals surface area (Å²) in [5, 5.41) is 13.1. The Kier molecular flexibility index (Phi) is 3.96. The predicted octanol–water partition coefficient (Wildman–Crippen LogP) is 1.90. The number of hydrogen-bond donors (Lipinski definition) is 3. The molecule has 1 fully saturated rings. The Morgan fingerprint density at radius 1 is 1.33 bits per heavy atom. The molecule has 0 atom stereocenters. The maximum absolute atomic E-state index is 11.6. The lowest BCUT2D eigenvalue weighted by Crippen LogP contribution is -2.18. The number of aromatic amines is 1. The maximum atomic E-state index is 11.6. The van der Waals surface area contributed by atoms with E-state index >= 15 is 0 Å². The van der Waals surface area contributed by atoms with Gasteiger partial charge in [-0.25, -0.2) is 4.98 Å². The van der Waals surface area contributed by atoms with E-state index in [2.05, 4.69) is 25.8 Å². The number of nitrogens with one attached hydrogen (secondary N) is 3. The molecule has 6 nitrogen and oxygen atoms in total. The van der Waals surface area contributed by atoms with Crippen LogP contribution < -0.4 is 10.6 Å². The number of H-pyrrole nitrogens is 1. The van der Waals surface area contributed by atoms with Crippen LogP contribution in [-0.4, -0.2) is 34.7 Å². The van der Waals surface area contributed by atoms with Crippen molar-refractivity contribution in [3.05, 3.63) is 30.1 Å². The number of nitrogens with zero attached hydrogens (tertiary/aromatic N) is 2. The Bertz CT molecular complexity index is 615. The first-order chi connectivity index (χ1) is 10.3. The summed E-state index contributed by atoms with van der Waals surface area (Å²) in [6.45, 7) is 0.672. The fourth-order valence-corrected chi connectivity index (χ4v) is 2.11. The minimum atomic E-state index is 0.00557. The quantitative estimate of drug-likeness (QED) is 0.757. The van der Waals surface area contributed by atoms with Crippen LogP contribution in [0.15, 0.2) is 24.3 Å². The van der Waals surface area contributed by atoms with Gasteiger partial charge >= 0.3 is 0 Å². The third kappa shape index (κ3) is 3.46. The summed E-state index contributed by atoms with van der Waals surface area (Å²) in [5.41, 5.74) is 1.74. The Morgan fingerprint density at radius 3 is 2.76 bits per heavy atom. The van der Waals surface area contributed by atoms with Crippen LogP contribution in [0.4, 0.5) is 5.69 Å². The molecule has 2 aromatic rings. The van der Waals surface area contributed by atoms with E-state index in [1.165, 1.54) is 12.8 Å². The molecule has 6 heteroatoms. The highest BCUT2D eigenvalue weighted by Crippen LogP contribution is 2.38. The first-order valence-corrected chi connectivity index (χ1v) is 7.23. The fourth-order valence-electron chi connectivity index (χ4n) is 2.11. The summed E-state index contributed by atoms with van der Waals surface area (Å²) < 4.78 is 0. The summed E-state index contributed by atoms with van der Waals surface area (Å²) in [6.07, 6.45) is 2.86. The zero-order chi connectivity index (χ0) is 14.7. The molecule has 1 aliphatic rings. The van der Waals surface area contributed by atoms with Crippen molar-refractivity contribution in [3.63, 3.8) is 0 Å². The molecule has 1 saturated carbocycles. The number of aromatic nitrogens is 3. The highest BCUT2D eigenvalue weighted by atomic mass is 16.1. The zero-order valence-corrected chi connectivity index (χ0v) is 12.0. The molecule has 3 rings (SSSR count). The van der Waals surface area contributed by atoms with Crippen molar-refractivity contribution in [2.24, 2.45) is 0 Å². The van der Waals surface area contributed by atoms with E-state index in [0.717, 1.165) is 17.1 Å². The van der Waals surface area contributed by atoms with Gasteiger partial charge in [-0.15, -0.1) is 0 Å². The van der Waals surface area contributed by atoms with Gasteiger partial charge in [0.25, 0.3) is 0 Å². The SMILES string of the molecule is CNCCC(=O)Nc1ccc(-c2n[nH]c(C3CC3)n2)cc1. The van der Waals surface area contributed by atoms with Crippen molar-refractivity contribution in [2.45, 2.75) is 25.2 Å². The third-order valence-corrected chi connectivity index (χ3v) is 3.50. The van der Waals surface area contributed by atoms with Gasteiger partial charge in [-0.05, 0) is 44.2 Å². The summed E-state index contributed by atoms with van der Waals surface area (Å²) in [7, 11) is 1.83. The van der Waals surface area contributed by atoms with Crippen LogP contribution >= 0.6 is 0 Å². The third-order valence-electron chi connectivity index (χ3n) is 3.50. The van der Waals surface area contributed by atoms with Gasteiger partial charge in [0.2, 0.25) is 5.91 Å². The highest BCUT2D eigenvalue weighted by Gasteiger charge is 2.27. The Morgan fingerprint density at radius 2 is 2.10 bits per heavy atom. The molecule has 0 unspecified atom stereocenters. The highest BCUT2D eigenvalue weighted by molar-refractivity contribution is 5.91. The first kappa shape index (κ1) is 13.8. The summed E-state index contributed by atoms with van der Waals surface area (Å²) >= 11 is 0. The number of anilines is 1. The summed E-state index contributed by atoms with van der Waals surface area (Å²) in [5.74, 6) is 2.27. The Labute approximate surface area is 123 Å². The number of rotatable bonds is 6. The second-order valence-corrected chi connectivity index (χ2v) is 5.30. The normalized spacial score (nSPS) is 14.1. The number of amides is 1. The van der Waals surface area contributed by atoms with E-state index < -0.39 is 0 Å². The molecular weight excluding hydrogens is 266 g/mol. The van der Waals surface area contributed by atoms with Crippen LogP contribution in [0.25, 0.3) is 11.4 Å². The molecule has 0 saturated heterocycles. The van der Waals surface area contributed by atoms with Crippen molar-refractivity contribution in [2.75, 3.05) is 18.9 Å². The van der Waals surface area contributed by atoms with E-state index in [1.54, 1.807) is 0 Å². The van der Waals surface area contributed by atoms with Gasteiger partial charge in [0.15, 0.2) is 5.82 Å². The lowest BCUT2D eigenvalue weighted by Gasteiger charge is -2.05. The molecule has 0 radical (unpaired) electrons. The lowest BCUT2D eigenvalue weighted by molar-refractivity contribution is -0.116. The smallest absolute Gasteiger partial charge is 0.225 e. The number of carbonyl (C=O) groups excluding carboxylic acids is 1. The minimum Gasteiger partial charge on any atom is -0.326 e. The average Bonchev–Trinajstić information content (AvgIpc) is 3.24. The molecule has 1 aromatic heterocycles. The lowest BCUT2D eigenvalue weighted by atomic mass is 10.2. The topological polar surface area (TPSA) is 82.7 Å². The van der Waals surface area contributed by atoms with Crippen molar-refractivity contribution in [1.29, 1.82) is 0 Å². The van der Waals surface area contributed by atoms with Crippen LogP contribution in [0.3, 0.4) is 0 Å². The molecule has 110 valence electrons. The van der Waals surface area contributed by atoms with Gasteiger partial charge in [-0.1, -0.05) is 0 Å². The average molecular weight is 285 g/mol. The Balaban J connectivity index is 1.64. The summed E-state index contributed by atoms with van der Waals surface area (Å²) in [4.78, 5) is 16.1. The molecule has 1 amide bonds. The Hall–Kier alpha value is -2.21. The molecule has 0 spiro atoms. The fraction of sp³-hybridized carbons (Fsp3) is 0.400. The maximum Gasteiger partial charge on any atom is 0.225 e. The van der Waals surface area contributed by atoms with Crippen molar-refractivity contribution >= 4 is 11.6 Å². The van der Waals surface area contributed by atoms with Gasteiger partial charge in [0, 0.05) is 30.1 Å². The molecule has 21 heavy (non-hydrogen) atoms. The monoisotopic (exact) mass is 285 g/mol. The molecular formula is C15H19N5O. The molecule has 3 N–H and O–H groups in total. The van der Waals surface area contributed by atoms with Gasteiger partial charge in [-0.3, -0.25) is 9.89 Å². The van der Waals surface area contributed by atoms with Crippen LogP contribution in [0.1, 0.15) is 31.0 Å². The van der Waals surface area contributed by atoms with Crippen LogP contribution in [0, 0.1) is 0 Å². The minimum absolute atomic E-state index is 0.00557. The zero-order valence-electron chi connectivity index (χ0n) is 12.0. The van der Waals surface area contributed by atoms with Crippen molar-refractivity contribution < 1.29 is 4.79 Å². The number of benzene rings is 1. The second kappa shape index (κ2) is 6.05. The van der Waals surface area contributed by atoms with Crippen LogP contribution in [0.5, 0.6) is 0 Å². The van der Waals surface area contributed by atoms with Gasteiger partial charge in [0.1, 0.15) is 5.82 Å². The van der Waals surface area contributed by atoms with E-state index in [1.807, 2.05) is 31.3 Å². The van der Waals surface area contributed by atoms with Crippen LogP contribution in [0.2, 0.25) is 0 Å². The second-order valence-electron chi connectivity index (χ2n) is 5.30. The van der Waals surface area contributed by atoms with E-state index in [0.29, 0.717) is 24.7 Å². The molecule has 1 aromatic carbocycles. The molecule has 0 bridgehead atoms.